The van der Waals surface area contributed by atoms with Crippen molar-refractivity contribution in [2.75, 3.05) is 0 Å². The van der Waals surface area contributed by atoms with Gasteiger partial charge < -0.3 is 16.6 Å². The van der Waals surface area contributed by atoms with Gasteiger partial charge >= 0.3 is 5.97 Å². The van der Waals surface area contributed by atoms with E-state index in [1.54, 1.807) is 0 Å². The van der Waals surface area contributed by atoms with Crippen molar-refractivity contribution in [3.63, 3.8) is 0 Å². The van der Waals surface area contributed by atoms with Gasteiger partial charge in [-0.05, 0) is 6.42 Å². The minimum Gasteiger partial charge on any atom is -0.480 e. The zero-order valence-electron chi connectivity index (χ0n) is 5.74. The van der Waals surface area contributed by atoms with E-state index in [0.717, 1.165) is 0 Å². The van der Waals surface area contributed by atoms with Gasteiger partial charge in [0.2, 0.25) is 5.91 Å². The summed E-state index contributed by atoms with van der Waals surface area (Å²) < 4.78 is 0. The number of carboxylic acids is 1. The molecule has 0 aliphatic rings. The summed E-state index contributed by atoms with van der Waals surface area (Å²) in [5, 5.41) is 8.22. The van der Waals surface area contributed by atoms with Gasteiger partial charge in [0.05, 0.1) is 0 Å². The monoisotopic (exact) mass is 205 g/mol. The van der Waals surface area contributed by atoms with E-state index in [9.17, 15) is 9.59 Å². The Labute approximate surface area is 74.3 Å². The molecule has 1 atom stereocenters. The number of carboxylic acid groups (broad SMARTS) is 1. The van der Waals surface area contributed by atoms with E-state index in [2.05, 4.69) is 0 Å². The maximum absolute atomic E-state index is 10.1. The zero-order chi connectivity index (χ0) is 8.15. The fourth-order valence-corrected chi connectivity index (χ4v) is 0.421. The fraction of sp³-hybridized carbons (Fsp3) is 0.600. The van der Waals surface area contributed by atoms with Crippen molar-refractivity contribution >= 4 is 11.9 Å². The first kappa shape index (κ1) is 13.0. The Morgan fingerprint density at radius 1 is 1.45 bits per heavy atom. The van der Waals surface area contributed by atoms with Crippen molar-refractivity contribution in [2.45, 2.75) is 18.9 Å². The molecule has 5 nitrogen and oxygen atoms in total. The topological polar surface area (TPSA) is 106 Å². The fourth-order valence-electron chi connectivity index (χ4n) is 0.421. The molecule has 11 heavy (non-hydrogen) atoms. The third kappa shape index (κ3) is 7.30. The molecule has 0 spiro atoms. The summed E-state index contributed by atoms with van der Waals surface area (Å²) in [7, 11) is 0. The number of amides is 1. The van der Waals surface area contributed by atoms with Crippen molar-refractivity contribution in [2.24, 2.45) is 11.5 Å². The minimum atomic E-state index is -1.11. The van der Waals surface area contributed by atoms with Gasteiger partial charge in [-0.3, -0.25) is 9.59 Å². The van der Waals surface area contributed by atoms with Crippen molar-refractivity contribution in [3.8, 4) is 0 Å². The average Bonchev–Trinajstić information content (AvgIpc) is 1.82. The second kappa shape index (κ2) is 6.14. The smallest absolute Gasteiger partial charge is 0.320 e. The van der Waals surface area contributed by atoms with Crippen LogP contribution in [0.25, 0.3) is 0 Å². The van der Waals surface area contributed by atoms with Gasteiger partial charge in [0.1, 0.15) is 6.04 Å². The molecule has 0 heterocycles. The number of hydrogen-bond donors (Lipinski definition) is 3. The Balaban J connectivity index is 0. The Morgan fingerprint density at radius 2 is 1.91 bits per heavy atom. The molecule has 1 amide bonds. The molecule has 1 radical (unpaired) electrons. The third-order valence-electron chi connectivity index (χ3n) is 1.02. The van der Waals surface area contributed by atoms with Crippen LogP contribution in [-0.2, 0) is 26.4 Å². The van der Waals surface area contributed by atoms with E-state index < -0.39 is 17.9 Å². The van der Waals surface area contributed by atoms with Gasteiger partial charge in [-0.2, -0.15) is 0 Å². The molecule has 0 fully saturated rings. The van der Waals surface area contributed by atoms with Crippen molar-refractivity contribution < 1.29 is 31.5 Å². The van der Waals surface area contributed by atoms with E-state index >= 15 is 0 Å². The summed E-state index contributed by atoms with van der Waals surface area (Å²) in [6.45, 7) is 0. The van der Waals surface area contributed by atoms with E-state index in [-0.39, 0.29) is 29.6 Å². The molecule has 0 aromatic carbocycles. The van der Waals surface area contributed by atoms with Crippen LogP contribution >= 0.6 is 0 Å². The van der Waals surface area contributed by atoms with Crippen LogP contribution < -0.4 is 11.5 Å². The van der Waals surface area contributed by atoms with Crippen LogP contribution in [0.15, 0.2) is 0 Å². The maximum Gasteiger partial charge on any atom is 0.320 e. The Morgan fingerprint density at radius 3 is 2.18 bits per heavy atom. The number of carbonyl (C=O) groups is 2. The minimum absolute atomic E-state index is 0. The van der Waals surface area contributed by atoms with Gasteiger partial charge in [-0.25, -0.2) is 0 Å². The van der Waals surface area contributed by atoms with E-state index in [1.165, 1.54) is 0 Å². The molecule has 0 rings (SSSR count). The van der Waals surface area contributed by atoms with Crippen LogP contribution in [0.3, 0.4) is 0 Å². The summed E-state index contributed by atoms with van der Waals surface area (Å²) in [6, 6.07) is -0.979. The molecular weight excluding hydrogens is 195 g/mol. The molecule has 5 N–H and O–H groups in total. The number of rotatable bonds is 4. The van der Waals surface area contributed by atoms with E-state index in [0.29, 0.717) is 0 Å². The predicted octanol–water partition coefficient (Wildman–Crippen LogP) is -1.34. The SMILES string of the molecule is NC(=O)CC[C@H](N)C(=O)O.[Co]. The Kier molecular flexibility index (Phi) is 7.27. The molecule has 0 bridgehead atoms. The zero-order valence-corrected chi connectivity index (χ0v) is 6.78. The van der Waals surface area contributed by atoms with Crippen LogP contribution in [0.5, 0.6) is 0 Å². The molecule has 67 valence electrons. The summed E-state index contributed by atoms with van der Waals surface area (Å²) in [4.78, 5) is 20.1. The van der Waals surface area contributed by atoms with Crippen molar-refractivity contribution in [1.82, 2.24) is 0 Å². The molecule has 0 aromatic rings. The summed E-state index contributed by atoms with van der Waals surface area (Å²) in [5.74, 6) is -1.64. The quantitative estimate of drug-likeness (QED) is 0.528. The number of hydrogen-bond acceptors (Lipinski definition) is 3. The Bertz CT molecular complexity index is 151. The molecule has 6 heteroatoms. The predicted molar refractivity (Wildman–Crippen MR) is 34.0 cm³/mol. The van der Waals surface area contributed by atoms with Gasteiger partial charge in [-0.1, -0.05) is 0 Å². The average molecular weight is 205 g/mol. The standard InChI is InChI=1S/C5H10N2O3.Co/c6-3(5(9)10)1-2-4(7)8;/h3H,1-2,6H2,(H2,7,8)(H,9,10);/t3-;/m0./s1. The van der Waals surface area contributed by atoms with Crippen LogP contribution in [0.2, 0.25) is 0 Å². The molecule has 0 aliphatic heterocycles. The first-order valence-corrected chi connectivity index (χ1v) is 2.80. The number of primary amides is 1. The van der Waals surface area contributed by atoms with Crippen molar-refractivity contribution in [1.29, 1.82) is 0 Å². The van der Waals surface area contributed by atoms with E-state index in [4.69, 9.17) is 16.6 Å². The van der Waals surface area contributed by atoms with Gasteiger partial charge in [0.15, 0.2) is 0 Å². The first-order valence-electron chi connectivity index (χ1n) is 2.80. The second-order valence-electron chi connectivity index (χ2n) is 1.95. The normalized spacial score (nSPS) is 11.4. The number of aliphatic carboxylic acids is 1. The maximum atomic E-state index is 10.1. The van der Waals surface area contributed by atoms with Gasteiger partial charge in [0.25, 0.3) is 0 Å². The largest absolute Gasteiger partial charge is 0.480 e. The second-order valence-corrected chi connectivity index (χ2v) is 1.95. The summed E-state index contributed by atoms with van der Waals surface area (Å²) >= 11 is 0. The molecule has 0 unspecified atom stereocenters. The van der Waals surface area contributed by atoms with Gasteiger partial charge in [-0.15, -0.1) is 0 Å². The number of carbonyl (C=O) groups excluding carboxylic acids is 1. The molecule has 0 aromatic heterocycles. The van der Waals surface area contributed by atoms with Gasteiger partial charge in [0, 0.05) is 23.2 Å². The Hall–Kier alpha value is -0.594. The number of nitrogens with two attached hydrogens (primary N) is 2. The first-order chi connectivity index (χ1) is 4.54. The van der Waals surface area contributed by atoms with Crippen LogP contribution in [-0.4, -0.2) is 23.0 Å². The summed E-state index contributed by atoms with van der Waals surface area (Å²) in [6.07, 6.45) is 0.123. The molecule has 0 saturated heterocycles. The van der Waals surface area contributed by atoms with Crippen LogP contribution in [0.4, 0.5) is 0 Å². The van der Waals surface area contributed by atoms with Crippen molar-refractivity contribution in [3.05, 3.63) is 0 Å². The van der Waals surface area contributed by atoms with E-state index in [1.807, 2.05) is 0 Å². The van der Waals surface area contributed by atoms with Crippen LogP contribution in [0.1, 0.15) is 12.8 Å². The molecule has 0 saturated carbocycles. The van der Waals surface area contributed by atoms with Crippen LogP contribution in [0, 0.1) is 0 Å². The third-order valence-corrected chi connectivity index (χ3v) is 1.02. The molecule has 0 aliphatic carbocycles. The molecular formula is C5H10CoN2O3. The summed E-state index contributed by atoms with van der Waals surface area (Å²) in [5.41, 5.74) is 9.81.